The molecule has 3 heteroatoms. The van der Waals surface area contributed by atoms with Gasteiger partial charge >= 0.3 is 0 Å². The lowest BCUT2D eigenvalue weighted by atomic mass is 10.4. The van der Waals surface area contributed by atoms with Crippen LogP contribution in [0, 0.1) is 0 Å². The van der Waals surface area contributed by atoms with Gasteiger partial charge in [-0.15, -0.1) is 0 Å². The highest BCUT2D eigenvalue weighted by atomic mass is 28.4. The summed E-state index contributed by atoms with van der Waals surface area (Å²) in [5.74, 6) is 0. The van der Waals surface area contributed by atoms with Crippen LogP contribution in [0.5, 0.6) is 0 Å². The van der Waals surface area contributed by atoms with Crippen LogP contribution in [0.3, 0.4) is 0 Å². The summed E-state index contributed by atoms with van der Waals surface area (Å²) in [5, 5.41) is 1.64. The summed E-state index contributed by atoms with van der Waals surface area (Å²) < 4.78 is 0. The van der Waals surface area contributed by atoms with Gasteiger partial charge in [0, 0.05) is 16.1 Å². The Kier molecular flexibility index (Phi) is 4.84. The van der Waals surface area contributed by atoms with Gasteiger partial charge in [0.15, 0.2) is 0 Å². The topological polar surface area (TPSA) is 0 Å². The summed E-state index contributed by atoms with van der Waals surface area (Å²) in [6, 6.07) is 11.3. The first kappa shape index (κ1) is 15.9. The highest BCUT2D eigenvalue weighted by molar-refractivity contribution is 7.05. The number of rotatable bonds is 5. The second kappa shape index (κ2) is 5.47. The molecule has 0 amide bonds. The Hall–Kier alpha value is -0.129. The van der Waals surface area contributed by atoms with E-state index in [0.29, 0.717) is 0 Å². The molecule has 0 unspecified atom stereocenters. The van der Waals surface area contributed by atoms with E-state index < -0.39 is 24.2 Å². The minimum Gasteiger partial charge on any atom is -0.0698 e. The van der Waals surface area contributed by atoms with Gasteiger partial charge in [-0.1, -0.05) is 92.7 Å². The van der Waals surface area contributed by atoms with Gasteiger partial charge in [0.2, 0.25) is 0 Å². The predicted molar refractivity (Wildman–Crippen MR) is 94.0 cm³/mol. The molecule has 0 nitrogen and oxygen atoms in total. The summed E-state index contributed by atoms with van der Waals surface area (Å²) in [4.78, 5) is 0. The summed E-state index contributed by atoms with van der Waals surface area (Å²) in [5.41, 5.74) is 3.11. The molecule has 18 heavy (non-hydrogen) atoms. The van der Waals surface area contributed by atoms with Gasteiger partial charge in [-0.2, -0.15) is 0 Å². The summed E-state index contributed by atoms with van der Waals surface area (Å²) in [7, 11) is -3.17. The molecule has 0 radical (unpaired) electrons. The number of hydrogen-bond donors (Lipinski definition) is 0. The van der Waals surface area contributed by atoms with E-state index in [1.54, 1.807) is 10.9 Å². The van der Waals surface area contributed by atoms with Crippen molar-refractivity contribution in [1.82, 2.24) is 0 Å². The van der Waals surface area contributed by atoms with Crippen molar-refractivity contribution >= 4 is 29.4 Å². The molecule has 0 bridgehead atoms. The maximum Gasteiger partial charge on any atom is 0.0780 e. The van der Waals surface area contributed by atoms with E-state index in [0.717, 1.165) is 0 Å². The zero-order valence-electron chi connectivity index (χ0n) is 13.3. The van der Waals surface area contributed by atoms with Crippen LogP contribution >= 0.6 is 0 Å². The molecule has 0 aliphatic carbocycles. The van der Waals surface area contributed by atoms with Crippen LogP contribution in [-0.2, 0) is 0 Å². The molecular formula is C15H30Si3. The lowest BCUT2D eigenvalue weighted by Gasteiger charge is -2.36. The fourth-order valence-electron chi connectivity index (χ4n) is 3.69. The largest absolute Gasteiger partial charge is 0.0780 e. The van der Waals surface area contributed by atoms with Crippen molar-refractivity contribution in [1.29, 1.82) is 0 Å². The van der Waals surface area contributed by atoms with Gasteiger partial charge in [0.05, 0.1) is 8.07 Å². The molecule has 0 aromatic heterocycles. The normalized spacial score (nSPS) is 13.7. The highest BCUT2D eigenvalue weighted by Crippen LogP contribution is 2.27. The van der Waals surface area contributed by atoms with Gasteiger partial charge in [-0.05, 0) is 0 Å². The monoisotopic (exact) mass is 294 g/mol. The fourth-order valence-corrected chi connectivity index (χ4v) is 28.3. The van der Waals surface area contributed by atoms with Crippen LogP contribution in [0.15, 0.2) is 30.3 Å². The average molecular weight is 295 g/mol. The molecule has 0 heterocycles. The van der Waals surface area contributed by atoms with Gasteiger partial charge < -0.3 is 0 Å². The van der Waals surface area contributed by atoms with Crippen LogP contribution < -0.4 is 5.19 Å². The predicted octanol–water partition coefficient (Wildman–Crippen LogP) is 4.73. The van der Waals surface area contributed by atoms with Crippen molar-refractivity contribution in [3.63, 3.8) is 0 Å². The van der Waals surface area contributed by atoms with E-state index in [9.17, 15) is 0 Å². The van der Waals surface area contributed by atoms with Crippen LogP contribution in [0.2, 0.25) is 57.2 Å². The zero-order chi connectivity index (χ0) is 14.0. The van der Waals surface area contributed by atoms with Crippen LogP contribution in [-0.4, -0.2) is 24.2 Å². The maximum atomic E-state index is 2.61. The van der Waals surface area contributed by atoms with Gasteiger partial charge in [0.1, 0.15) is 0 Å². The van der Waals surface area contributed by atoms with Crippen LogP contribution in [0.1, 0.15) is 0 Å². The van der Waals surface area contributed by atoms with Crippen molar-refractivity contribution in [3.05, 3.63) is 30.3 Å². The Morgan fingerprint density at radius 1 is 0.722 bits per heavy atom. The fraction of sp³-hybridized carbons (Fsp3) is 0.600. The molecule has 1 aromatic carbocycles. The Labute approximate surface area is 117 Å². The van der Waals surface area contributed by atoms with Crippen molar-refractivity contribution in [2.24, 2.45) is 0 Å². The van der Waals surface area contributed by atoms with Crippen molar-refractivity contribution in [2.75, 3.05) is 0 Å². The number of hydrogen-bond acceptors (Lipinski definition) is 0. The molecule has 0 spiro atoms. The van der Waals surface area contributed by atoms with E-state index in [2.05, 4.69) is 76.2 Å². The van der Waals surface area contributed by atoms with Crippen LogP contribution in [0.4, 0.5) is 0 Å². The minimum absolute atomic E-state index is 0.909. The minimum atomic E-state index is -1.23. The summed E-state index contributed by atoms with van der Waals surface area (Å²) >= 11 is 0. The highest BCUT2D eigenvalue weighted by Gasteiger charge is 2.36. The van der Waals surface area contributed by atoms with Crippen molar-refractivity contribution < 1.29 is 0 Å². The van der Waals surface area contributed by atoms with E-state index in [1.165, 1.54) is 5.67 Å². The van der Waals surface area contributed by atoms with Gasteiger partial charge in [-0.25, -0.2) is 0 Å². The summed E-state index contributed by atoms with van der Waals surface area (Å²) in [6.07, 6.45) is 0. The maximum absolute atomic E-state index is 2.61. The first-order valence-electron chi connectivity index (χ1n) is 7.07. The van der Waals surface area contributed by atoms with Gasteiger partial charge in [-0.3, -0.25) is 0 Å². The second-order valence-electron chi connectivity index (χ2n) is 8.33. The van der Waals surface area contributed by atoms with Gasteiger partial charge in [0.25, 0.3) is 0 Å². The molecule has 0 aliphatic rings. The number of benzene rings is 1. The third-order valence-corrected chi connectivity index (χ3v) is 20.8. The lowest BCUT2D eigenvalue weighted by molar-refractivity contribution is 1.45. The Balaban J connectivity index is 2.83. The molecule has 0 N–H and O–H groups in total. The lowest BCUT2D eigenvalue weighted by Crippen LogP contribution is -2.50. The molecule has 0 saturated heterocycles. The second-order valence-corrected chi connectivity index (χ2v) is 25.0. The molecule has 0 aliphatic heterocycles. The third kappa shape index (κ3) is 5.24. The van der Waals surface area contributed by atoms with E-state index in [4.69, 9.17) is 0 Å². The summed E-state index contributed by atoms with van der Waals surface area (Å²) in [6.45, 7) is 17.9. The van der Waals surface area contributed by atoms with E-state index in [1.807, 2.05) is 0 Å². The van der Waals surface area contributed by atoms with Crippen molar-refractivity contribution in [3.8, 4) is 0 Å². The molecule has 1 aromatic rings. The first-order chi connectivity index (χ1) is 8.02. The smallest absolute Gasteiger partial charge is 0.0698 e. The quantitative estimate of drug-likeness (QED) is 0.689. The Morgan fingerprint density at radius 2 is 1.22 bits per heavy atom. The van der Waals surface area contributed by atoms with E-state index >= 15 is 0 Å². The molecule has 102 valence electrons. The SMILES string of the molecule is C[Si](C)(C)C[Si](C)(C)C[Si](C)(C)c1ccccc1. The standard InChI is InChI=1S/C15H30Si3/c1-16(2,3)13-17(4,5)14-18(6,7)15-11-9-8-10-12-15/h8-12H,13-14H2,1-7H3. The average Bonchev–Trinajstić information content (AvgIpc) is 2.13. The Morgan fingerprint density at radius 3 is 1.67 bits per heavy atom. The molecule has 0 fully saturated rings. The molecule has 0 saturated carbocycles. The first-order valence-corrected chi connectivity index (χ1v) is 17.4. The third-order valence-electron chi connectivity index (χ3n) is 3.48. The van der Waals surface area contributed by atoms with Crippen molar-refractivity contribution in [2.45, 2.75) is 57.2 Å². The molecule has 1 rings (SSSR count). The van der Waals surface area contributed by atoms with E-state index in [-0.39, 0.29) is 0 Å². The Bertz CT molecular complexity index is 374. The molecular weight excluding hydrogens is 264 g/mol. The van der Waals surface area contributed by atoms with Crippen LogP contribution in [0.25, 0.3) is 0 Å². The molecule has 0 atom stereocenters. The zero-order valence-corrected chi connectivity index (χ0v) is 16.3.